The molecule has 2 N–H and O–H groups in total. The number of aromatic nitrogens is 3. The lowest BCUT2D eigenvalue weighted by Gasteiger charge is -2.26. The second-order valence-electron chi connectivity index (χ2n) is 6.74. The third-order valence-corrected chi connectivity index (χ3v) is 7.07. The van der Waals surface area contributed by atoms with E-state index in [-0.39, 0.29) is 18.3 Å². The van der Waals surface area contributed by atoms with Crippen LogP contribution in [-0.2, 0) is 25.9 Å². The lowest BCUT2D eigenvalue weighted by atomic mass is 10.0. The number of aromatic amines is 1. The number of aryl methyl sites for hydroxylation is 1. The Morgan fingerprint density at radius 3 is 3.04 bits per heavy atom. The van der Waals surface area contributed by atoms with Crippen molar-refractivity contribution < 1.29 is 4.79 Å². The van der Waals surface area contributed by atoms with Gasteiger partial charge in [-0.25, -0.2) is 4.98 Å². The Hall–Kier alpha value is -1.74. The highest BCUT2D eigenvalue weighted by atomic mass is 35.5. The highest BCUT2D eigenvalue weighted by Crippen LogP contribution is 2.35. The molecule has 6 nitrogen and oxygen atoms in total. The molecule has 5 rings (SSSR count). The SMILES string of the molecule is Cc1nc(-c2cc3c(s2)CCN(C(=O)c2n[nH]c4c2CNCC4)C3)cs1.Cl. The van der Waals surface area contributed by atoms with Crippen molar-refractivity contribution in [1.29, 1.82) is 0 Å². The van der Waals surface area contributed by atoms with E-state index in [1.807, 2.05) is 23.2 Å². The first-order valence-electron chi connectivity index (χ1n) is 8.79. The molecule has 0 aliphatic carbocycles. The topological polar surface area (TPSA) is 73.9 Å². The molecule has 9 heteroatoms. The van der Waals surface area contributed by atoms with Crippen LogP contribution in [0.1, 0.15) is 37.2 Å². The number of rotatable bonds is 2. The van der Waals surface area contributed by atoms with Crippen molar-refractivity contribution in [2.24, 2.45) is 0 Å². The lowest BCUT2D eigenvalue weighted by molar-refractivity contribution is 0.0728. The molecule has 3 aromatic rings. The predicted molar refractivity (Wildman–Crippen MR) is 110 cm³/mol. The van der Waals surface area contributed by atoms with Crippen molar-refractivity contribution >= 4 is 41.0 Å². The van der Waals surface area contributed by atoms with Gasteiger partial charge in [0.15, 0.2) is 5.69 Å². The minimum atomic E-state index is 0. The maximum Gasteiger partial charge on any atom is 0.275 e. The number of nitrogens with zero attached hydrogens (tertiary/aromatic N) is 3. The van der Waals surface area contributed by atoms with Crippen LogP contribution >= 0.6 is 35.1 Å². The fraction of sp³-hybridized carbons (Fsp3) is 0.389. The van der Waals surface area contributed by atoms with Gasteiger partial charge in [0.25, 0.3) is 5.91 Å². The number of thiophene rings is 1. The van der Waals surface area contributed by atoms with Crippen LogP contribution in [-0.4, -0.2) is 39.1 Å². The van der Waals surface area contributed by atoms with E-state index in [2.05, 4.69) is 31.9 Å². The molecule has 5 heterocycles. The van der Waals surface area contributed by atoms with Crippen LogP contribution in [0.2, 0.25) is 0 Å². The van der Waals surface area contributed by atoms with Gasteiger partial charge in [0.1, 0.15) is 0 Å². The maximum atomic E-state index is 13.0. The molecular weight excluding hydrogens is 402 g/mol. The van der Waals surface area contributed by atoms with Gasteiger partial charge in [-0.1, -0.05) is 0 Å². The van der Waals surface area contributed by atoms with Crippen molar-refractivity contribution in [3.05, 3.63) is 43.8 Å². The first-order valence-corrected chi connectivity index (χ1v) is 10.5. The van der Waals surface area contributed by atoms with Gasteiger partial charge in [-0.2, -0.15) is 5.10 Å². The van der Waals surface area contributed by atoms with E-state index in [0.717, 1.165) is 54.4 Å². The number of nitrogens with one attached hydrogen (secondary N) is 2. The van der Waals surface area contributed by atoms with E-state index < -0.39 is 0 Å². The highest BCUT2D eigenvalue weighted by molar-refractivity contribution is 7.16. The van der Waals surface area contributed by atoms with Gasteiger partial charge in [-0.05, 0) is 25.0 Å². The van der Waals surface area contributed by atoms with Gasteiger partial charge in [-0.3, -0.25) is 9.89 Å². The average Bonchev–Trinajstić information content (AvgIpc) is 3.37. The van der Waals surface area contributed by atoms with E-state index in [1.54, 1.807) is 11.3 Å². The second-order valence-corrected chi connectivity index (χ2v) is 8.94. The first kappa shape index (κ1) is 18.6. The van der Waals surface area contributed by atoms with E-state index in [1.165, 1.54) is 15.3 Å². The molecule has 3 aromatic heterocycles. The van der Waals surface area contributed by atoms with Crippen molar-refractivity contribution in [2.75, 3.05) is 13.1 Å². The van der Waals surface area contributed by atoms with Gasteiger partial charge >= 0.3 is 0 Å². The van der Waals surface area contributed by atoms with E-state index in [0.29, 0.717) is 12.2 Å². The molecular formula is C18H20ClN5OS2. The number of thiazole rings is 1. The molecule has 0 aromatic carbocycles. The minimum absolute atomic E-state index is 0. The molecule has 2 aliphatic heterocycles. The Kier molecular flexibility index (Phi) is 5.07. The van der Waals surface area contributed by atoms with E-state index >= 15 is 0 Å². The fourth-order valence-corrected chi connectivity index (χ4v) is 5.47. The summed E-state index contributed by atoms with van der Waals surface area (Å²) in [6, 6.07) is 2.20. The van der Waals surface area contributed by atoms with Crippen molar-refractivity contribution in [2.45, 2.75) is 32.9 Å². The second kappa shape index (κ2) is 7.35. The molecule has 2 aliphatic rings. The zero-order valence-electron chi connectivity index (χ0n) is 14.9. The summed E-state index contributed by atoms with van der Waals surface area (Å²) in [5.41, 5.74) is 5.02. The summed E-state index contributed by atoms with van der Waals surface area (Å²) < 4.78 is 0. The van der Waals surface area contributed by atoms with Crippen LogP contribution in [0.5, 0.6) is 0 Å². The standard InChI is InChI=1S/C18H19N5OS2.ClH/c1-10-20-14(9-25-10)16-6-11-8-23(5-3-15(11)26-16)18(24)17-12-7-19-4-2-13(12)21-22-17;/h6,9,19H,2-5,7-8H2,1H3,(H,21,22);1H. The van der Waals surface area contributed by atoms with Gasteiger partial charge in [0.2, 0.25) is 0 Å². The zero-order chi connectivity index (χ0) is 17.7. The Bertz CT molecular complexity index is 992. The molecule has 0 fully saturated rings. The number of hydrogen-bond acceptors (Lipinski definition) is 6. The summed E-state index contributed by atoms with van der Waals surface area (Å²) in [4.78, 5) is 22.1. The number of hydrogen-bond donors (Lipinski definition) is 2. The van der Waals surface area contributed by atoms with Crippen LogP contribution in [0.4, 0.5) is 0 Å². The quantitative estimate of drug-likeness (QED) is 0.666. The van der Waals surface area contributed by atoms with Gasteiger partial charge in [-0.15, -0.1) is 35.1 Å². The summed E-state index contributed by atoms with van der Waals surface area (Å²) in [6.07, 6.45) is 1.81. The Morgan fingerprint density at radius 1 is 1.33 bits per heavy atom. The first-order chi connectivity index (χ1) is 12.7. The highest BCUT2D eigenvalue weighted by Gasteiger charge is 2.29. The van der Waals surface area contributed by atoms with E-state index in [9.17, 15) is 4.79 Å². The van der Waals surface area contributed by atoms with Crippen molar-refractivity contribution in [3.8, 4) is 10.6 Å². The lowest BCUT2D eigenvalue weighted by Crippen LogP contribution is -2.36. The molecule has 0 spiro atoms. The number of fused-ring (bicyclic) bond motifs is 2. The fourth-order valence-electron chi connectivity index (χ4n) is 3.66. The van der Waals surface area contributed by atoms with Gasteiger partial charge < -0.3 is 10.2 Å². The molecule has 142 valence electrons. The van der Waals surface area contributed by atoms with Crippen molar-refractivity contribution in [3.63, 3.8) is 0 Å². The molecule has 27 heavy (non-hydrogen) atoms. The largest absolute Gasteiger partial charge is 0.333 e. The summed E-state index contributed by atoms with van der Waals surface area (Å²) in [6.45, 7) is 5.09. The minimum Gasteiger partial charge on any atom is -0.333 e. The van der Waals surface area contributed by atoms with Gasteiger partial charge in [0.05, 0.1) is 15.6 Å². The van der Waals surface area contributed by atoms with Gasteiger partial charge in [0, 0.05) is 54.1 Å². The van der Waals surface area contributed by atoms with Crippen LogP contribution < -0.4 is 5.32 Å². The predicted octanol–water partition coefficient (Wildman–Crippen LogP) is 3.17. The molecule has 1 amide bonds. The van der Waals surface area contributed by atoms with Crippen LogP contribution in [0.25, 0.3) is 10.6 Å². The number of carbonyl (C=O) groups excluding carboxylic acids is 1. The Morgan fingerprint density at radius 2 is 2.22 bits per heavy atom. The van der Waals surface area contributed by atoms with E-state index in [4.69, 9.17) is 0 Å². The Balaban J connectivity index is 0.00000180. The molecule has 0 saturated carbocycles. The maximum absolute atomic E-state index is 13.0. The zero-order valence-corrected chi connectivity index (χ0v) is 17.3. The normalized spacial score (nSPS) is 15.8. The summed E-state index contributed by atoms with van der Waals surface area (Å²) in [5, 5.41) is 13.9. The number of halogens is 1. The number of H-pyrrole nitrogens is 1. The smallest absolute Gasteiger partial charge is 0.275 e. The summed E-state index contributed by atoms with van der Waals surface area (Å²) in [7, 11) is 0. The van der Waals surface area contributed by atoms with Crippen molar-refractivity contribution in [1.82, 2.24) is 25.4 Å². The number of amides is 1. The summed E-state index contributed by atoms with van der Waals surface area (Å²) in [5.74, 6) is 0.0362. The van der Waals surface area contributed by atoms with Crippen LogP contribution in [0.15, 0.2) is 11.4 Å². The summed E-state index contributed by atoms with van der Waals surface area (Å²) >= 11 is 3.49. The third-order valence-electron chi connectivity index (χ3n) is 5.03. The molecule has 0 unspecified atom stereocenters. The van der Waals surface area contributed by atoms with Crippen LogP contribution in [0.3, 0.4) is 0 Å². The molecule has 0 atom stereocenters. The molecule has 0 radical (unpaired) electrons. The molecule has 0 saturated heterocycles. The average molecular weight is 422 g/mol. The third kappa shape index (κ3) is 3.31. The van der Waals surface area contributed by atoms with Crippen LogP contribution in [0, 0.1) is 6.92 Å². The monoisotopic (exact) mass is 421 g/mol. The number of carbonyl (C=O) groups is 1. The molecule has 0 bridgehead atoms. The Labute approximate surface area is 171 Å².